The molecule has 0 spiro atoms. The summed E-state index contributed by atoms with van der Waals surface area (Å²) in [5, 5.41) is 21.7. The lowest BCUT2D eigenvalue weighted by Crippen LogP contribution is -2.12. The first-order valence-electron chi connectivity index (χ1n) is 9.52. The second-order valence-corrected chi connectivity index (χ2v) is 9.01. The number of hydrogen-bond donors (Lipinski definition) is 1. The predicted octanol–water partition coefficient (Wildman–Crippen LogP) is 4.98. The lowest BCUT2D eigenvalue weighted by Gasteiger charge is -2.09. The Morgan fingerprint density at radius 2 is 2.14 bits per heavy atom. The standard InChI is InChI=1S/C21H20N4O2S2/c1-13-6-2-3-7-14(13)19-24-25-21(27-19)28-11-10-18(26)23-20-16(12-22)15-8-4-5-9-17(15)29-20/h2-3,6-7H,4-5,8-11H2,1H3,(H,23,26). The van der Waals surface area contributed by atoms with Crippen molar-refractivity contribution in [3.63, 3.8) is 0 Å². The van der Waals surface area contributed by atoms with E-state index < -0.39 is 0 Å². The van der Waals surface area contributed by atoms with Gasteiger partial charge in [-0.3, -0.25) is 4.79 Å². The highest BCUT2D eigenvalue weighted by Gasteiger charge is 2.21. The highest BCUT2D eigenvalue weighted by atomic mass is 32.2. The highest BCUT2D eigenvalue weighted by molar-refractivity contribution is 7.99. The van der Waals surface area contributed by atoms with Crippen molar-refractivity contribution in [1.29, 1.82) is 5.26 Å². The van der Waals surface area contributed by atoms with E-state index in [-0.39, 0.29) is 5.91 Å². The molecule has 0 radical (unpaired) electrons. The number of nitrogens with zero attached hydrogens (tertiary/aromatic N) is 3. The van der Waals surface area contributed by atoms with Gasteiger partial charge in [-0.25, -0.2) is 0 Å². The summed E-state index contributed by atoms with van der Waals surface area (Å²) >= 11 is 2.90. The number of carbonyl (C=O) groups is 1. The molecule has 6 nitrogen and oxygen atoms in total. The van der Waals surface area contributed by atoms with E-state index in [4.69, 9.17) is 4.42 Å². The molecule has 1 aliphatic rings. The molecule has 0 saturated heterocycles. The van der Waals surface area contributed by atoms with Gasteiger partial charge < -0.3 is 9.73 Å². The van der Waals surface area contributed by atoms with E-state index in [9.17, 15) is 10.1 Å². The molecule has 29 heavy (non-hydrogen) atoms. The number of rotatable bonds is 6. The van der Waals surface area contributed by atoms with Gasteiger partial charge in [-0.2, -0.15) is 5.26 Å². The molecule has 0 unspecified atom stereocenters. The molecule has 3 aromatic rings. The largest absolute Gasteiger partial charge is 0.411 e. The zero-order chi connectivity index (χ0) is 20.2. The normalized spacial score (nSPS) is 13.0. The Morgan fingerprint density at radius 1 is 1.31 bits per heavy atom. The number of benzene rings is 1. The number of carbonyl (C=O) groups excluding carboxylic acids is 1. The molecule has 1 aliphatic carbocycles. The quantitative estimate of drug-likeness (QED) is 0.561. The number of hydrogen-bond acceptors (Lipinski definition) is 7. The van der Waals surface area contributed by atoms with E-state index in [1.165, 1.54) is 16.6 Å². The van der Waals surface area contributed by atoms with Gasteiger partial charge in [-0.1, -0.05) is 30.0 Å². The molecule has 0 fully saturated rings. The van der Waals surface area contributed by atoms with Crippen LogP contribution in [0, 0.1) is 18.3 Å². The number of aromatic nitrogens is 2. The molecule has 1 aromatic carbocycles. The number of aryl methyl sites for hydroxylation is 2. The predicted molar refractivity (Wildman–Crippen MR) is 114 cm³/mol. The molecular weight excluding hydrogens is 404 g/mol. The maximum atomic E-state index is 12.4. The molecule has 4 rings (SSSR count). The third-order valence-corrected chi connectivity index (χ3v) is 6.90. The number of amides is 1. The summed E-state index contributed by atoms with van der Waals surface area (Å²) in [4.78, 5) is 13.6. The summed E-state index contributed by atoms with van der Waals surface area (Å²) in [6.45, 7) is 1.99. The van der Waals surface area contributed by atoms with Crippen molar-refractivity contribution in [3.05, 3.63) is 45.8 Å². The van der Waals surface area contributed by atoms with Crippen LogP contribution in [0.5, 0.6) is 0 Å². The second-order valence-electron chi connectivity index (χ2n) is 6.86. The fourth-order valence-electron chi connectivity index (χ4n) is 3.38. The topological polar surface area (TPSA) is 91.8 Å². The SMILES string of the molecule is Cc1ccccc1-c1nnc(SCCC(=O)Nc2sc3c(c2C#N)CCCC3)o1. The molecule has 1 amide bonds. The molecule has 0 saturated carbocycles. The number of nitriles is 1. The summed E-state index contributed by atoms with van der Waals surface area (Å²) in [7, 11) is 0. The van der Waals surface area contributed by atoms with Crippen LogP contribution in [-0.4, -0.2) is 21.9 Å². The summed E-state index contributed by atoms with van der Waals surface area (Å²) in [5.74, 6) is 0.901. The molecule has 2 heterocycles. The Balaban J connectivity index is 1.33. The summed E-state index contributed by atoms with van der Waals surface area (Å²) in [6, 6.07) is 10.1. The van der Waals surface area contributed by atoms with Crippen molar-refractivity contribution in [2.75, 3.05) is 11.1 Å². The molecule has 0 bridgehead atoms. The van der Waals surface area contributed by atoms with Gasteiger partial charge in [0.05, 0.1) is 5.56 Å². The van der Waals surface area contributed by atoms with E-state index in [0.717, 1.165) is 42.4 Å². The van der Waals surface area contributed by atoms with E-state index >= 15 is 0 Å². The molecular formula is C21H20N4O2S2. The number of fused-ring (bicyclic) bond motifs is 1. The maximum Gasteiger partial charge on any atom is 0.276 e. The van der Waals surface area contributed by atoms with E-state index in [2.05, 4.69) is 21.6 Å². The van der Waals surface area contributed by atoms with Crippen LogP contribution in [0.15, 0.2) is 33.9 Å². The number of nitrogens with one attached hydrogen (secondary N) is 1. The zero-order valence-electron chi connectivity index (χ0n) is 16.0. The van der Waals surface area contributed by atoms with Gasteiger partial charge in [-0.15, -0.1) is 21.5 Å². The Labute approximate surface area is 177 Å². The van der Waals surface area contributed by atoms with Crippen molar-refractivity contribution in [2.45, 2.75) is 44.3 Å². The van der Waals surface area contributed by atoms with Crippen LogP contribution in [0.3, 0.4) is 0 Å². The fraction of sp³-hybridized carbons (Fsp3) is 0.333. The average Bonchev–Trinajstić information content (AvgIpc) is 3.32. The minimum atomic E-state index is -0.105. The first kappa shape index (κ1) is 19.7. The van der Waals surface area contributed by atoms with E-state index in [1.54, 1.807) is 11.3 Å². The summed E-state index contributed by atoms with van der Waals surface area (Å²) in [5.41, 5.74) is 3.75. The van der Waals surface area contributed by atoms with E-state index in [1.807, 2.05) is 31.2 Å². The Hall–Kier alpha value is -2.63. The third kappa shape index (κ3) is 4.36. The smallest absolute Gasteiger partial charge is 0.276 e. The Bertz CT molecular complexity index is 1080. The Morgan fingerprint density at radius 3 is 2.97 bits per heavy atom. The van der Waals surface area contributed by atoms with Gasteiger partial charge in [-0.05, 0) is 49.8 Å². The molecule has 0 aliphatic heterocycles. The lowest BCUT2D eigenvalue weighted by atomic mass is 9.96. The monoisotopic (exact) mass is 424 g/mol. The molecule has 0 atom stereocenters. The van der Waals surface area contributed by atoms with Crippen molar-refractivity contribution in [3.8, 4) is 17.5 Å². The van der Waals surface area contributed by atoms with Crippen molar-refractivity contribution in [1.82, 2.24) is 10.2 Å². The van der Waals surface area contributed by atoms with Gasteiger partial charge in [0.15, 0.2) is 0 Å². The van der Waals surface area contributed by atoms with Crippen LogP contribution in [0.25, 0.3) is 11.5 Å². The van der Waals surface area contributed by atoms with Crippen LogP contribution >= 0.6 is 23.1 Å². The van der Waals surface area contributed by atoms with Crippen molar-refractivity contribution < 1.29 is 9.21 Å². The number of anilines is 1. The first-order valence-corrected chi connectivity index (χ1v) is 11.3. The van der Waals surface area contributed by atoms with Gasteiger partial charge in [0.2, 0.25) is 11.8 Å². The molecule has 2 aromatic heterocycles. The van der Waals surface area contributed by atoms with E-state index in [0.29, 0.717) is 33.9 Å². The van der Waals surface area contributed by atoms with Crippen LogP contribution in [0.2, 0.25) is 0 Å². The fourth-order valence-corrected chi connectivity index (χ4v) is 5.34. The molecule has 1 N–H and O–H groups in total. The van der Waals surface area contributed by atoms with Gasteiger partial charge >= 0.3 is 0 Å². The highest BCUT2D eigenvalue weighted by Crippen LogP contribution is 2.37. The summed E-state index contributed by atoms with van der Waals surface area (Å²) < 4.78 is 5.71. The van der Waals surface area contributed by atoms with Gasteiger partial charge in [0.25, 0.3) is 5.22 Å². The lowest BCUT2D eigenvalue weighted by molar-refractivity contribution is -0.115. The van der Waals surface area contributed by atoms with Crippen molar-refractivity contribution in [2.24, 2.45) is 0 Å². The molecule has 8 heteroatoms. The summed E-state index contributed by atoms with van der Waals surface area (Å²) in [6.07, 6.45) is 4.50. The minimum absolute atomic E-state index is 0.105. The van der Waals surface area contributed by atoms with Gasteiger partial charge in [0.1, 0.15) is 11.1 Å². The molecule has 148 valence electrons. The Kier molecular flexibility index (Phi) is 5.97. The van der Waals surface area contributed by atoms with Gasteiger partial charge in [0, 0.05) is 22.6 Å². The first-order chi connectivity index (χ1) is 14.2. The minimum Gasteiger partial charge on any atom is -0.411 e. The van der Waals surface area contributed by atoms with Crippen LogP contribution < -0.4 is 5.32 Å². The third-order valence-electron chi connectivity index (χ3n) is 4.87. The zero-order valence-corrected chi connectivity index (χ0v) is 17.7. The van der Waals surface area contributed by atoms with Crippen molar-refractivity contribution >= 4 is 34.0 Å². The van der Waals surface area contributed by atoms with Crippen LogP contribution in [-0.2, 0) is 17.6 Å². The number of thioether (sulfide) groups is 1. The maximum absolute atomic E-state index is 12.4. The second kappa shape index (κ2) is 8.80. The van der Waals surface area contributed by atoms with Crippen LogP contribution in [0.1, 0.15) is 40.8 Å². The number of thiophene rings is 1. The average molecular weight is 425 g/mol. The van der Waals surface area contributed by atoms with Crippen LogP contribution in [0.4, 0.5) is 5.00 Å².